The monoisotopic (exact) mass is 395 g/mol. The molecule has 0 unspecified atom stereocenters. The number of esters is 1. The third-order valence-corrected chi connectivity index (χ3v) is 5.73. The van der Waals surface area contributed by atoms with Crippen molar-refractivity contribution in [2.24, 2.45) is 0 Å². The Morgan fingerprint density at radius 2 is 1.46 bits per heavy atom. The van der Waals surface area contributed by atoms with Crippen molar-refractivity contribution in [1.29, 1.82) is 0 Å². The van der Waals surface area contributed by atoms with Crippen LogP contribution in [0.2, 0.25) is 5.02 Å². The molecular formula is C18H18ClNO5S. The number of Topliss-reactive ketones (excluding diaryl/α,β-unsaturated/α-hetero) is 1. The van der Waals surface area contributed by atoms with E-state index in [1.165, 1.54) is 45.3 Å². The molecule has 0 aliphatic rings. The Hall–Kier alpha value is -2.22. The molecule has 0 aliphatic carbocycles. The predicted octanol–water partition coefficient (Wildman–Crippen LogP) is 3.02. The van der Waals surface area contributed by atoms with Crippen molar-refractivity contribution < 1.29 is 22.7 Å². The Morgan fingerprint density at radius 1 is 0.962 bits per heavy atom. The van der Waals surface area contributed by atoms with Crippen LogP contribution in [0.5, 0.6) is 0 Å². The summed E-state index contributed by atoms with van der Waals surface area (Å²) in [6.07, 6.45) is -0.992. The van der Waals surface area contributed by atoms with Crippen molar-refractivity contribution in [2.75, 3.05) is 14.1 Å². The molecule has 0 bridgehead atoms. The first-order chi connectivity index (χ1) is 12.1. The molecule has 0 amide bonds. The van der Waals surface area contributed by atoms with E-state index in [4.69, 9.17) is 16.3 Å². The van der Waals surface area contributed by atoms with Crippen molar-refractivity contribution in [2.45, 2.75) is 17.9 Å². The van der Waals surface area contributed by atoms with Crippen molar-refractivity contribution in [3.05, 3.63) is 64.7 Å². The van der Waals surface area contributed by atoms with Gasteiger partial charge in [-0.2, -0.15) is 0 Å². The van der Waals surface area contributed by atoms with Crippen LogP contribution in [-0.4, -0.2) is 44.7 Å². The van der Waals surface area contributed by atoms with Gasteiger partial charge in [-0.25, -0.2) is 17.5 Å². The van der Waals surface area contributed by atoms with E-state index >= 15 is 0 Å². The van der Waals surface area contributed by atoms with E-state index in [-0.39, 0.29) is 16.2 Å². The molecule has 0 aliphatic heterocycles. The van der Waals surface area contributed by atoms with E-state index in [9.17, 15) is 18.0 Å². The fraction of sp³-hybridized carbons (Fsp3) is 0.222. The number of ketones is 1. The molecule has 2 aromatic carbocycles. The van der Waals surface area contributed by atoms with Gasteiger partial charge in [0.1, 0.15) is 0 Å². The highest BCUT2D eigenvalue weighted by atomic mass is 35.5. The van der Waals surface area contributed by atoms with E-state index in [1.54, 1.807) is 24.3 Å². The van der Waals surface area contributed by atoms with Crippen LogP contribution in [0, 0.1) is 0 Å². The normalized spacial score (nSPS) is 12.7. The average Bonchev–Trinajstić information content (AvgIpc) is 2.61. The Balaban J connectivity index is 2.09. The molecular weight excluding hydrogens is 378 g/mol. The SMILES string of the molecule is C[C@@H](OC(=O)c1ccc(S(=O)(=O)N(C)C)cc1)C(=O)c1ccc(Cl)cc1. The Kier molecular flexibility index (Phi) is 6.17. The molecule has 0 radical (unpaired) electrons. The first-order valence-electron chi connectivity index (χ1n) is 7.66. The smallest absolute Gasteiger partial charge is 0.338 e. The van der Waals surface area contributed by atoms with E-state index in [0.29, 0.717) is 10.6 Å². The number of nitrogens with zero attached hydrogens (tertiary/aromatic N) is 1. The van der Waals surface area contributed by atoms with Crippen molar-refractivity contribution in [3.63, 3.8) is 0 Å². The maximum Gasteiger partial charge on any atom is 0.338 e. The largest absolute Gasteiger partial charge is 0.451 e. The highest BCUT2D eigenvalue weighted by Crippen LogP contribution is 2.16. The zero-order valence-electron chi connectivity index (χ0n) is 14.5. The molecule has 0 heterocycles. The number of hydrogen-bond donors (Lipinski definition) is 0. The summed E-state index contributed by atoms with van der Waals surface area (Å²) in [6, 6.07) is 11.6. The Morgan fingerprint density at radius 3 is 1.96 bits per heavy atom. The molecule has 0 spiro atoms. The zero-order valence-corrected chi connectivity index (χ0v) is 16.0. The summed E-state index contributed by atoms with van der Waals surface area (Å²) in [4.78, 5) is 24.5. The van der Waals surface area contributed by atoms with Gasteiger partial charge in [0.15, 0.2) is 6.10 Å². The first-order valence-corrected chi connectivity index (χ1v) is 9.48. The van der Waals surface area contributed by atoms with Crippen LogP contribution in [0.4, 0.5) is 0 Å². The minimum Gasteiger partial charge on any atom is -0.451 e. The van der Waals surface area contributed by atoms with E-state index in [0.717, 1.165) is 4.31 Å². The van der Waals surface area contributed by atoms with Gasteiger partial charge in [-0.1, -0.05) is 11.6 Å². The third-order valence-electron chi connectivity index (χ3n) is 3.65. The zero-order chi connectivity index (χ0) is 19.5. The van der Waals surface area contributed by atoms with Crippen LogP contribution >= 0.6 is 11.6 Å². The molecule has 0 saturated carbocycles. The van der Waals surface area contributed by atoms with Crippen LogP contribution in [0.3, 0.4) is 0 Å². The maximum atomic E-state index is 12.3. The second-order valence-corrected chi connectivity index (χ2v) is 8.32. The minimum atomic E-state index is -3.58. The van der Waals surface area contributed by atoms with Crippen LogP contribution in [0.25, 0.3) is 0 Å². The van der Waals surface area contributed by atoms with E-state index < -0.39 is 22.1 Å². The Labute approximate surface area is 157 Å². The van der Waals surface area contributed by atoms with Gasteiger partial charge >= 0.3 is 5.97 Å². The third kappa shape index (κ3) is 4.49. The summed E-state index contributed by atoms with van der Waals surface area (Å²) in [5.74, 6) is -1.07. The van der Waals surface area contributed by atoms with Crippen molar-refractivity contribution in [3.8, 4) is 0 Å². The van der Waals surface area contributed by atoms with Gasteiger partial charge in [-0.3, -0.25) is 4.79 Å². The molecule has 0 saturated heterocycles. The summed E-state index contributed by atoms with van der Waals surface area (Å²) in [6.45, 7) is 1.47. The molecule has 0 aromatic heterocycles. The molecule has 0 N–H and O–H groups in total. The van der Waals surface area contributed by atoms with Crippen molar-refractivity contribution in [1.82, 2.24) is 4.31 Å². The number of carbonyl (C=O) groups is 2. The quantitative estimate of drug-likeness (QED) is 0.554. The second kappa shape index (κ2) is 7.99. The van der Waals surface area contributed by atoms with Gasteiger partial charge in [-0.05, 0) is 55.5 Å². The minimum absolute atomic E-state index is 0.0596. The Bertz CT molecular complexity index is 906. The molecule has 2 rings (SSSR count). The van der Waals surface area contributed by atoms with Gasteiger partial charge < -0.3 is 4.74 Å². The fourth-order valence-electron chi connectivity index (χ4n) is 2.10. The average molecular weight is 396 g/mol. The standard InChI is InChI=1S/C18H18ClNO5S/c1-12(17(21)13-4-8-15(19)9-5-13)25-18(22)14-6-10-16(11-7-14)26(23,24)20(2)3/h4-12H,1-3H3/t12-/m1/s1. The number of halogens is 1. The van der Waals surface area contributed by atoms with E-state index in [1.807, 2.05) is 0 Å². The molecule has 2 aromatic rings. The van der Waals surface area contributed by atoms with Crippen LogP contribution in [-0.2, 0) is 14.8 Å². The molecule has 26 heavy (non-hydrogen) atoms. The summed E-state index contributed by atoms with van der Waals surface area (Å²) in [5, 5.41) is 0.499. The van der Waals surface area contributed by atoms with Gasteiger partial charge in [0, 0.05) is 24.7 Å². The molecule has 138 valence electrons. The first kappa shape index (κ1) is 20.1. The van der Waals surface area contributed by atoms with Gasteiger partial charge in [-0.15, -0.1) is 0 Å². The summed E-state index contributed by atoms with van der Waals surface area (Å²) in [5.41, 5.74) is 0.528. The summed E-state index contributed by atoms with van der Waals surface area (Å²) < 4.78 is 30.3. The number of benzene rings is 2. The van der Waals surface area contributed by atoms with Crippen LogP contribution < -0.4 is 0 Å². The summed E-state index contributed by atoms with van der Waals surface area (Å²) >= 11 is 5.78. The number of carbonyl (C=O) groups excluding carboxylic acids is 2. The van der Waals surface area contributed by atoms with Gasteiger partial charge in [0.05, 0.1) is 10.5 Å². The lowest BCUT2D eigenvalue weighted by molar-refractivity contribution is 0.0318. The number of sulfonamides is 1. The molecule has 6 nitrogen and oxygen atoms in total. The molecule has 8 heteroatoms. The predicted molar refractivity (Wildman–Crippen MR) is 98.0 cm³/mol. The van der Waals surface area contributed by atoms with Crippen LogP contribution in [0.15, 0.2) is 53.4 Å². The highest BCUT2D eigenvalue weighted by Gasteiger charge is 2.22. The lowest BCUT2D eigenvalue weighted by atomic mass is 10.1. The molecule has 1 atom stereocenters. The molecule has 0 fully saturated rings. The second-order valence-electron chi connectivity index (χ2n) is 5.73. The lowest BCUT2D eigenvalue weighted by Gasteiger charge is -2.14. The van der Waals surface area contributed by atoms with Crippen molar-refractivity contribution >= 4 is 33.4 Å². The number of hydrogen-bond acceptors (Lipinski definition) is 5. The van der Waals surface area contributed by atoms with E-state index in [2.05, 4.69) is 0 Å². The van der Waals surface area contributed by atoms with Crippen LogP contribution in [0.1, 0.15) is 27.6 Å². The van der Waals surface area contributed by atoms with Gasteiger partial charge in [0.25, 0.3) is 0 Å². The van der Waals surface area contributed by atoms with Gasteiger partial charge in [0.2, 0.25) is 15.8 Å². The topological polar surface area (TPSA) is 80.8 Å². The fourth-order valence-corrected chi connectivity index (χ4v) is 3.13. The lowest BCUT2D eigenvalue weighted by Crippen LogP contribution is -2.24. The maximum absolute atomic E-state index is 12.3. The number of rotatable bonds is 6. The number of ether oxygens (including phenoxy) is 1. The summed E-state index contributed by atoms with van der Waals surface area (Å²) in [7, 11) is -0.743. The highest BCUT2D eigenvalue weighted by molar-refractivity contribution is 7.89.